The van der Waals surface area contributed by atoms with Crippen LogP contribution in [0.1, 0.15) is 11.1 Å². The molecule has 110 valence electrons. The van der Waals surface area contributed by atoms with E-state index in [9.17, 15) is 0 Å². The minimum atomic E-state index is 0.799. The summed E-state index contributed by atoms with van der Waals surface area (Å²) in [7, 11) is 4.06. The van der Waals surface area contributed by atoms with Gasteiger partial charge in [0.1, 0.15) is 0 Å². The summed E-state index contributed by atoms with van der Waals surface area (Å²) in [4.78, 5) is 2.08. The molecular weight excluding hydrogens is 268 g/mol. The van der Waals surface area contributed by atoms with Crippen molar-refractivity contribution in [2.45, 2.75) is 0 Å². The zero-order chi connectivity index (χ0) is 15.5. The van der Waals surface area contributed by atoms with Crippen LogP contribution in [0.25, 0.3) is 22.2 Å². The second-order valence-electron chi connectivity index (χ2n) is 5.55. The first-order valence-corrected chi connectivity index (χ1v) is 7.39. The van der Waals surface area contributed by atoms with E-state index in [4.69, 9.17) is 5.73 Å². The molecule has 0 spiro atoms. The molecule has 0 amide bonds. The van der Waals surface area contributed by atoms with Crippen LogP contribution < -0.4 is 5.73 Å². The highest BCUT2D eigenvalue weighted by atomic mass is 15.1. The first kappa shape index (κ1) is 14.2. The van der Waals surface area contributed by atoms with Gasteiger partial charge >= 0.3 is 0 Å². The van der Waals surface area contributed by atoms with Crippen molar-refractivity contribution in [2.24, 2.45) is 5.73 Å². The minimum Gasteiger partial charge on any atom is -0.397 e. The molecule has 22 heavy (non-hydrogen) atoms. The highest BCUT2D eigenvalue weighted by Gasteiger charge is 2.12. The zero-order valence-corrected chi connectivity index (χ0v) is 13.0. The molecule has 0 bridgehead atoms. The van der Waals surface area contributed by atoms with Crippen molar-refractivity contribution in [3.8, 4) is 0 Å². The maximum atomic E-state index is 6.58. The van der Waals surface area contributed by atoms with Gasteiger partial charge in [0.15, 0.2) is 0 Å². The first-order valence-electron chi connectivity index (χ1n) is 7.39. The molecule has 3 aromatic carbocycles. The fourth-order valence-corrected chi connectivity index (χ4v) is 2.84. The Morgan fingerprint density at radius 2 is 1.41 bits per heavy atom. The van der Waals surface area contributed by atoms with Crippen LogP contribution in [0.2, 0.25) is 0 Å². The van der Waals surface area contributed by atoms with Crippen LogP contribution in [0.15, 0.2) is 72.8 Å². The highest BCUT2D eigenvalue weighted by molar-refractivity contribution is 5.99. The summed E-state index contributed by atoms with van der Waals surface area (Å²) in [5.74, 6) is 0. The molecule has 0 saturated carbocycles. The second-order valence-corrected chi connectivity index (χ2v) is 5.55. The fraction of sp³-hybridized carbons (Fsp3) is 0.100. The summed E-state index contributed by atoms with van der Waals surface area (Å²) in [6, 6.07) is 24.9. The van der Waals surface area contributed by atoms with Gasteiger partial charge in [-0.25, -0.2) is 0 Å². The van der Waals surface area contributed by atoms with Gasteiger partial charge in [0, 0.05) is 19.7 Å². The molecule has 0 unspecified atom stereocenters. The normalized spacial score (nSPS) is 12.1. The largest absolute Gasteiger partial charge is 0.397 e. The number of nitrogens with zero attached hydrogens (tertiary/aromatic N) is 1. The van der Waals surface area contributed by atoms with Crippen LogP contribution in [0, 0.1) is 0 Å². The van der Waals surface area contributed by atoms with Gasteiger partial charge in [0.05, 0.1) is 11.4 Å². The third kappa shape index (κ3) is 2.56. The Bertz CT molecular complexity index is 812. The van der Waals surface area contributed by atoms with Crippen LogP contribution >= 0.6 is 0 Å². The summed E-state index contributed by atoms with van der Waals surface area (Å²) in [5, 5.41) is 2.38. The van der Waals surface area contributed by atoms with Gasteiger partial charge in [0.2, 0.25) is 0 Å². The lowest BCUT2D eigenvalue weighted by atomic mass is 9.99. The number of fused-ring (bicyclic) bond motifs is 1. The van der Waals surface area contributed by atoms with E-state index >= 15 is 0 Å². The van der Waals surface area contributed by atoms with Gasteiger partial charge in [-0.1, -0.05) is 72.8 Å². The van der Waals surface area contributed by atoms with E-state index in [0.29, 0.717) is 0 Å². The average Bonchev–Trinajstić information content (AvgIpc) is 2.55. The maximum absolute atomic E-state index is 6.58. The second kappa shape index (κ2) is 5.94. The van der Waals surface area contributed by atoms with Crippen molar-refractivity contribution in [1.29, 1.82) is 0 Å². The topological polar surface area (TPSA) is 29.3 Å². The van der Waals surface area contributed by atoms with E-state index in [-0.39, 0.29) is 0 Å². The lowest BCUT2D eigenvalue weighted by Crippen LogP contribution is -2.15. The number of hydrogen-bond acceptors (Lipinski definition) is 2. The van der Waals surface area contributed by atoms with Crippen molar-refractivity contribution in [3.05, 3.63) is 83.9 Å². The van der Waals surface area contributed by atoms with Crippen molar-refractivity contribution < 1.29 is 0 Å². The SMILES string of the molecule is CN(C)C(=C(N)c1cccc2ccccc12)c1ccccc1. The van der Waals surface area contributed by atoms with Gasteiger partial charge in [-0.15, -0.1) is 0 Å². The third-order valence-corrected chi connectivity index (χ3v) is 3.83. The van der Waals surface area contributed by atoms with Crippen LogP contribution in [-0.2, 0) is 0 Å². The molecule has 0 aliphatic rings. The van der Waals surface area contributed by atoms with Gasteiger partial charge in [-0.3, -0.25) is 0 Å². The predicted octanol–water partition coefficient (Wildman–Crippen LogP) is 4.19. The molecule has 0 heterocycles. The fourth-order valence-electron chi connectivity index (χ4n) is 2.84. The molecule has 2 nitrogen and oxygen atoms in total. The third-order valence-electron chi connectivity index (χ3n) is 3.83. The Kier molecular flexibility index (Phi) is 3.84. The maximum Gasteiger partial charge on any atom is 0.0674 e. The standard InChI is InChI=1S/C20H20N2/c1-22(2)20(16-10-4-3-5-11-16)19(21)18-14-8-12-15-9-6-7-13-17(15)18/h3-14H,21H2,1-2H3. The predicted molar refractivity (Wildman–Crippen MR) is 95.1 cm³/mol. The van der Waals surface area contributed by atoms with Gasteiger partial charge in [-0.2, -0.15) is 0 Å². The minimum absolute atomic E-state index is 0.799. The smallest absolute Gasteiger partial charge is 0.0674 e. The molecule has 0 atom stereocenters. The van der Waals surface area contributed by atoms with E-state index in [1.54, 1.807) is 0 Å². The van der Waals surface area contributed by atoms with Gasteiger partial charge in [0.25, 0.3) is 0 Å². The zero-order valence-electron chi connectivity index (χ0n) is 13.0. The van der Waals surface area contributed by atoms with E-state index in [1.807, 2.05) is 32.3 Å². The van der Waals surface area contributed by atoms with Crippen LogP contribution in [0.4, 0.5) is 0 Å². The summed E-state index contributed by atoms with van der Waals surface area (Å²) >= 11 is 0. The molecule has 0 aliphatic carbocycles. The molecule has 2 heteroatoms. The quantitative estimate of drug-likeness (QED) is 0.732. The number of nitrogens with two attached hydrogens (primary N) is 1. The number of hydrogen-bond donors (Lipinski definition) is 1. The van der Waals surface area contributed by atoms with E-state index in [2.05, 4.69) is 59.5 Å². The Hall–Kier alpha value is -2.74. The molecule has 0 aliphatic heterocycles. The molecule has 3 rings (SSSR count). The molecule has 3 aromatic rings. The van der Waals surface area contributed by atoms with Crippen molar-refractivity contribution >= 4 is 22.2 Å². The molecule has 0 radical (unpaired) electrons. The van der Waals surface area contributed by atoms with Crippen LogP contribution in [-0.4, -0.2) is 19.0 Å². The number of rotatable bonds is 3. The monoisotopic (exact) mass is 288 g/mol. The van der Waals surface area contributed by atoms with Crippen LogP contribution in [0.3, 0.4) is 0 Å². The van der Waals surface area contributed by atoms with Gasteiger partial charge < -0.3 is 10.6 Å². The molecule has 2 N–H and O–H groups in total. The summed E-state index contributed by atoms with van der Waals surface area (Å²) in [6.45, 7) is 0. The first-order chi connectivity index (χ1) is 10.7. The molecule has 0 aromatic heterocycles. The van der Waals surface area contributed by atoms with E-state index in [0.717, 1.165) is 22.5 Å². The lowest BCUT2D eigenvalue weighted by Gasteiger charge is -2.21. The Labute approximate surface area is 131 Å². The Morgan fingerprint density at radius 1 is 0.773 bits per heavy atom. The van der Waals surface area contributed by atoms with E-state index < -0.39 is 0 Å². The summed E-state index contributed by atoms with van der Waals surface area (Å²) in [6.07, 6.45) is 0. The molecule has 0 saturated heterocycles. The van der Waals surface area contributed by atoms with Crippen molar-refractivity contribution in [1.82, 2.24) is 4.90 Å². The van der Waals surface area contributed by atoms with Gasteiger partial charge in [-0.05, 0) is 16.3 Å². The highest BCUT2D eigenvalue weighted by Crippen LogP contribution is 2.29. The molecular formula is C20H20N2. The van der Waals surface area contributed by atoms with E-state index in [1.165, 1.54) is 10.8 Å². The molecule has 0 fully saturated rings. The van der Waals surface area contributed by atoms with Crippen molar-refractivity contribution in [2.75, 3.05) is 14.1 Å². The van der Waals surface area contributed by atoms with Crippen molar-refractivity contribution in [3.63, 3.8) is 0 Å². The van der Waals surface area contributed by atoms with Crippen LogP contribution in [0.5, 0.6) is 0 Å². The summed E-state index contributed by atoms with van der Waals surface area (Å²) in [5.41, 5.74) is 10.6. The average molecular weight is 288 g/mol. The Morgan fingerprint density at radius 3 is 2.14 bits per heavy atom. The Balaban J connectivity index is 2.27. The number of benzene rings is 3. The summed E-state index contributed by atoms with van der Waals surface area (Å²) < 4.78 is 0. The lowest BCUT2D eigenvalue weighted by molar-refractivity contribution is 0.593.